The summed E-state index contributed by atoms with van der Waals surface area (Å²) in [7, 11) is 0.823. The summed E-state index contributed by atoms with van der Waals surface area (Å²) < 4.78 is 13.0. The third-order valence-corrected chi connectivity index (χ3v) is 8.65. The van der Waals surface area contributed by atoms with Gasteiger partial charge in [0.05, 0.1) is 11.7 Å². The van der Waals surface area contributed by atoms with Crippen molar-refractivity contribution in [1.29, 1.82) is 0 Å². The molecule has 34 heavy (non-hydrogen) atoms. The Hall–Kier alpha value is 0.137. The van der Waals surface area contributed by atoms with Gasteiger partial charge in [0.2, 0.25) is 0 Å². The lowest BCUT2D eigenvalue weighted by Gasteiger charge is -2.41. The van der Waals surface area contributed by atoms with Gasteiger partial charge in [0.25, 0.3) is 0 Å². The second-order valence-electron chi connectivity index (χ2n) is 10.9. The third-order valence-electron chi connectivity index (χ3n) is 7.84. The second-order valence-corrected chi connectivity index (χ2v) is 11.3. The fourth-order valence-electron chi connectivity index (χ4n) is 5.53. The first-order chi connectivity index (χ1) is 16.7. The zero-order valence-electron chi connectivity index (χ0n) is 24.6. The molecule has 3 heteroatoms. The molecule has 0 aliphatic rings. The Morgan fingerprint density at radius 3 is 1.21 bits per heavy atom. The van der Waals surface area contributed by atoms with Crippen LogP contribution >= 0.6 is 0 Å². The van der Waals surface area contributed by atoms with Gasteiger partial charge in [-0.05, 0) is 26.2 Å². The van der Waals surface area contributed by atoms with Crippen LogP contribution in [-0.4, -0.2) is 28.8 Å². The van der Waals surface area contributed by atoms with Crippen molar-refractivity contribution in [2.45, 2.75) is 193 Å². The number of unbranched alkanes of at least 4 members (excludes halogenated alkanes) is 18. The molecule has 0 aliphatic carbocycles. The maximum Gasteiger partial charge on any atom is 0.146 e. The van der Waals surface area contributed by atoms with Gasteiger partial charge in [-0.25, -0.2) is 0 Å². The van der Waals surface area contributed by atoms with Crippen LogP contribution in [0.25, 0.3) is 0 Å². The van der Waals surface area contributed by atoms with Gasteiger partial charge in [0.1, 0.15) is 10.5 Å². The number of hydrogen-bond acceptors (Lipinski definition) is 2. The molecular weight excluding hydrogens is 432 g/mol. The monoisotopic (exact) mass is 498 g/mol. The summed E-state index contributed by atoms with van der Waals surface area (Å²) in [5, 5.41) is 0. The average molecular weight is 499 g/mol. The van der Waals surface area contributed by atoms with Gasteiger partial charge < -0.3 is 9.16 Å². The molecule has 1 unspecified atom stereocenters. The lowest BCUT2D eigenvalue weighted by Crippen LogP contribution is -2.46. The molecule has 0 amide bonds. The molecule has 206 valence electrons. The quantitative estimate of drug-likeness (QED) is 0.0789. The van der Waals surface area contributed by atoms with Crippen LogP contribution in [-0.2, 0) is 9.16 Å². The first-order valence-electron chi connectivity index (χ1n) is 15.9. The molecule has 0 N–H and O–H groups in total. The van der Waals surface area contributed by atoms with Crippen molar-refractivity contribution in [2.24, 2.45) is 0 Å². The van der Waals surface area contributed by atoms with Gasteiger partial charge in [0.15, 0.2) is 0 Å². The molecule has 0 saturated carbocycles. The van der Waals surface area contributed by atoms with E-state index in [-0.39, 0.29) is 5.60 Å². The normalized spacial score (nSPS) is 13.1. The fourth-order valence-corrected chi connectivity index (χ4v) is 6.20. The lowest BCUT2D eigenvalue weighted by molar-refractivity contribution is -0.102. The van der Waals surface area contributed by atoms with Gasteiger partial charge in [-0.3, -0.25) is 0 Å². The first kappa shape index (κ1) is 34.1. The Balaban J connectivity index is 4.77. The van der Waals surface area contributed by atoms with Crippen molar-refractivity contribution in [3.8, 4) is 0 Å². The predicted octanol–water partition coefficient (Wildman–Crippen LogP) is 9.85. The standard InChI is InChI=1S/C31H66O2Si/c1-5-9-12-15-18-21-24-27-30(32-8-4)31(33-34,28-25-22-19-16-13-10-6-2)29-26-23-20-17-14-11-7-3/h30H,5-29H2,1-4,34H3. The Kier molecular flexibility index (Phi) is 26.3. The Morgan fingerprint density at radius 2 is 0.853 bits per heavy atom. The maximum absolute atomic E-state index is 6.57. The Labute approximate surface area is 219 Å². The van der Waals surface area contributed by atoms with Crippen LogP contribution in [0.1, 0.15) is 182 Å². The minimum absolute atomic E-state index is 0.0166. The topological polar surface area (TPSA) is 18.5 Å². The second kappa shape index (κ2) is 26.2. The molecule has 2 nitrogen and oxygen atoms in total. The molecule has 0 saturated heterocycles. The van der Waals surface area contributed by atoms with E-state index >= 15 is 0 Å². The van der Waals surface area contributed by atoms with E-state index in [0.29, 0.717) is 6.10 Å². The average Bonchev–Trinajstić information content (AvgIpc) is 2.85. The van der Waals surface area contributed by atoms with Crippen molar-refractivity contribution in [3.63, 3.8) is 0 Å². The van der Waals surface area contributed by atoms with Gasteiger partial charge in [-0.2, -0.15) is 0 Å². The largest absolute Gasteiger partial charge is 0.420 e. The van der Waals surface area contributed by atoms with Crippen LogP contribution in [0.3, 0.4) is 0 Å². The van der Waals surface area contributed by atoms with Crippen LogP contribution in [0.2, 0.25) is 0 Å². The van der Waals surface area contributed by atoms with Gasteiger partial charge in [-0.1, -0.05) is 156 Å². The van der Waals surface area contributed by atoms with Crippen molar-refractivity contribution >= 4 is 10.5 Å². The van der Waals surface area contributed by atoms with Crippen LogP contribution in [0.15, 0.2) is 0 Å². The third kappa shape index (κ3) is 18.4. The van der Waals surface area contributed by atoms with Crippen molar-refractivity contribution in [2.75, 3.05) is 6.61 Å². The molecule has 0 heterocycles. The molecule has 0 aromatic rings. The Morgan fingerprint density at radius 1 is 0.500 bits per heavy atom. The highest BCUT2D eigenvalue weighted by Gasteiger charge is 2.37. The van der Waals surface area contributed by atoms with E-state index in [1.807, 2.05) is 0 Å². The van der Waals surface area contributed by atoms with E-state index < -0.39 is 0 Å². The molecule has 0 fully saturated rings. The zero-order valence-corrected chi connectivity index (χ0v) is 26.6. The van der Waals surface area contributed by atoms with E-state index in [4.69, 9.17) is 9.16 Å². The van der Waals surface area contributed by atoms with E-state index in [1.165, 1.54) is 154 Å². The van der Waals surface area contributed by atoms with E-state index in [0.717, 1.165) is 17.1 Å². The highest BCUT2D eigenvalue weighted by atomic mass is 28.2. The predicted molar refractivity (Wildman–Crippen MR) is 157 cm³/mol. The zero-order chi connectivity index (χ0) is 25.2. The van der Waals surface area contributed by atoms with E-state index in [2.05, 4.69) is 27.7 Å². The molecule has 0 bridgehead atoms. The minimum atomic E-state index is -0.0166. The summed E-state index contributed by atoms with van der Waals surface area (Å²) >= 11 is 0. The first-order valence-corrected chi connectivity index (χ1v) is 16.7. The van der Waals surface area contributed by atoms with Crippen molar-refractivity contribution in [3.05, 3.63) is 0 Å². The van der Waals surface area contributed by atoms with Crippen LogP contribution in [0.4, 0.5) is 0 Å². The number of rotatable bonds is 28. The van der Waals surface area contributed by atoms with Crippen LogP contribution in [0.5, 0.6) is 0 Å². The summed E-state index contributed by atoms with van der Waals surface area (Å²) in [6.07, 6.45) is 32.8. The highest BCUT2D eigenvalue weighted by molar-refractivity contribution is 5.98. The minimum Gasteiger partial charge on any atom is -0.420 e. The maximum atomic E-state index is 6.57. The fraction of sp³-hybridized carbons (Fsp3) is 1.00. The SMILES string of the molecule is CCCCCCCCCC(OCC)C(CCCCCCCCC)(CCCCCCCCC)O[SiH3]. The van der Waals surface area contributed by atoms with Gasteiger partial charge in [0, 0.05) is 6.61 Å². The van der Waals surface area contributed by atoms with Crippen molar-refractivity contribution in [1.82, 2.24) is 0 Å². The molecule has 0 rings (SSSR count). The molecule has 0 aliphatic heterocycles. The summed E-state index contributed by atoms with van der Waals surface area (Å²) in [5.41, 5.74) is -0.0166. The Bertz CT molecular complexity index is 370. The van der Waals surface area contributed by atoms with E-state index in [1.54, 1.807) is 0 Å². The van der Waals surface area contributed by atoms with E-state index in [9.17, 15) is 0 Å². The summed E-state index contributed by atoms with van der Waals surface area (Å²) in [4.78, 5) is 0. The smallest absolute Gasteiger partial charge is 0.146 e. The summed E-state index contributed by atoms with van der Waals surface area (Å²) in [5.74, 6) is 0. The van der Waals surface area contributed by atoms with Gasteiger partial charge in [-0.15, -0.1) is 0 Å². The molecule has 0 radical (unpaired) electrons. The number of ether oxygens (including phenoxy) is 1. The van der Waals surface area contributed by atoms with Crippen molar-refractivity contribution < 1.29 is 9.16 Å². The lowest BCUT2D eigenvalue weighted by atomic mass is 9.82. The van der Waals surface area contributed by atoms with Crippen LogP contribution in [0, 0.1) is 0 Å². The molecule has 1 atom stereocenters. The molecule has 0 aromatic heterocycles. The number of hydrogen-bond donors (Lipinski definition) is 0. The molecular formula is C31H66O2Si. The molecule has 0 aromatic carbocycles. The summed E-state index contributed by atoms with van der Waals surface area (Å²) in [6.45, 7) is 9.91. The highest BCUT2D eigenvalue weighted by Crippen LogP contribution is 2.34. The molecule has 0 spiro atoms. The van der Waals surface area contributed by atoms with Gasteiger partial charge >= 0.3 is 0 Å². The summed E-state index contributed by atoms with van der Waals surface area (Å²) in [6, 6.07) is 0. The van der Waals surface area contributed by atoms with Crippen LogP contribution < -0.4 is 0 Å².